The topological polar surface area (TPSA) is 68.3 Å². The SMILES string of the molecule is Nc1nc(-c2cccc(N=O)c2)cs1. The van der Waals surface area contributed by atoms with Crippen LogP contribution in [0.1, 0.15) is 0 Å². The molecule has 2 N–H and O–H groups in total. The molecule has 0 atom stereocenters. The van der Waals surface area contributed by atoms with E-state index in [0.717, 1.165) is 11.3 Å². The summed E-state index contributed by atoms with van der Waals surface area (Å²) in [4.78, 5) is 14.4. The number of nitrogens with two attached hydrogens (primary N) is 1. The first kappa shape index (κ1) is 8.83. The van der Waals surface area contributed by atoms with Crippen molar-refractivity contribution in [2.24, 2.45) is 5.18 Å². The second kappa shape index (κ2) is 3.55. The Morgan fingerprint density at radius 1 is 1.43 bits per heavy atom. The molecule has 4 nitrogen and oxygen atoms in total. The molecule has 0 saturated heterocycles. The number of benzene rings is 1. The van der Waals surface area contributed by atoms with E-state index in [9.17, 15) is 4.91 Å². The lowest BCUT2D eigenvalue weighted by atomic mass is 10.1. The number of hydrogen-bond donors (Lipinski definition) is 1. The number of aromatic nitrogens is 1. The van der Waals surface area contributed by atoms with Crippen LogP contribution in [0.5, 0.6) is 0 Å². The van der Waals surface area contributed by atoms with E-state index in [1.54, 1.807) is 18.2 Å². The maximum absolute atomic E-state index is 10.3. The summed E-state index contributed by atoms with van der Waals surface area (Å²) in [7, 11) is 0. The van der Waals surface area contributed by atoms with Crippen LogP contribution in [0.4, 0.5) is 10.8 Å². The molecule has 0 aliphatic rings. The molecule has 0 aliphatic heterocycles. The molecule has 2 rings (SSSR count). The standard InChI is InChI=1S/C9H7N3OS/c10-9-11-8(5-14-9)6-2-1-3-7(4-6)12-13/h1-5H,(H2,10,11). The normalized spacial score (nSPS) is 10.0. The minimum atomic E-state index is 0.397. The highest BCUT2D eigenvalue weighted by Crippen LogP contribution is 2.25. The smallest absolute Gasteiger partial charge is 0.180 e. The average molecular weight is 205 g/mol. The number of hydrogen-bond acceptors (Lipinski definition) is 5. The van der Waals surface area contributed by atoms with Gasteiger partial charge in [-0.3, -0.25) is 0 Å². The zero-order valence-electron chi connectivity index (χ0n) is 7.18. The van der Waals surface area contributed by atoms with Crippen molar-refractivity contribution in [3.63, 3.8) is 0 Å². The molecular formula is C9H7N3OS. The van der Waals surface area contributed by atoms with Gasteiger partial charge in [0.05, 0.1) is 5.69 Å². The summed E-state index contributed by atoms with van der Waals surface area (Å²) >= 11 is 1.37. The first-order chi connectivity index (χ1) is 6.79. The molecule has 0 aliphatic carbocycles. The molecular weight excluding hydrogens is 198 g/mol. The summed E-state index contributed by atoms with van der Waals surface area (Å²) in [6.07, 6.45) is 0. The van der Waals surface area contributed by atoms with E-state index >= 15 is 0 Å². The van der Waals surface area contributed by atoms with Crippen molar-refractivity contribution in [2.75, 3.05) is 5.73 Å². The van der Waals surface area contributed by atoms with Crippen molar-refractivity contribution in [1.82, 2.24) is 4.98 Å². The third kappa shape index (κ3) is 1.62. The van der Waals surface area contributed by atoms with Gasteiger partial charge < -0.3 is 5.73 Å². The van der Waals surface area contributed by atoms with Crippen LogP contribution < -0.4 is 5.73 Å². The Kier molecular flexibility index (Phi) is 2.24. The zero-order chi connectivity index (χ0) is 9.97. The summed E-state index contributed by atoms with van der Waals surface area (Å²) < 4.78 is 0. The fourth-order valence-electron chi connectivity index (χ4n) is 1.14. The molecule has 1 heterocycles. The number of nitrogens with zero attached hydrogens (tertiary/aromatic N) is 2. The van der Waals surface area contributed by atoms with Gasteiger partial charge in [-0.15, -0.1) is 16.2 Å². The molecule has 14 heavy (non-hydrogen) atoms. The first-order valence-electron chi connectivity index (χ1n) is 3.94. The lowest BCUT2D eigenvalue weighted by molar-refractivity contribution is 1.40. The lowest BCUT2D eigenvalue weighted by Crippen LogP contribution is -1.82. The predicted molar refractivity (Wildman–Crippen MR) is 57.4 cm³/mol. The maximum Gasteiger partial charge on any atom is 0.180 e. The first-order valence-corrected chi connectivity index (χ1v) is 4.82. The van der Waals surface area contributed by atoms with Crippen LogP contribution in [-0.2, 0) is 0 Å². The quantitative estimate of drug-likeness (QED) is 0.766. The van der Waals surface area contributed by atoms with Crippen LogP contribution >= 0.6 is 11.3 Å². The van der Waals surface area contributed by atoms with Gasteiger partial charge >= 0.3 is 0 Å². The Balaban J connectivity index is 2.46. The van der Waals surface area contributed by atoms with Crippen LogP contribution in [0.15, 0.2) is 34.8 Å². The van der Waals surface area contributed by atoms with Gasteiger partial charge in [0.1, 0.15) is 5.69 Å². The third-order valence-corrected chi connectivity index (χ3v) is 2.44. The monoisotopic (exact) mass is 205 g/mol. The Morgan fingerprint density at radius 3 is 2.93 bits per heavy atom. The molecule has 0 unspecified atom stereocenters. The second-order valence-corrected chi connectivity index (χ2v) is 3.60. The molecule has 70 valence electrons. The number of nitrogen functional groups attached to an aromatic ring is 1. The number of anilines is 1. The van der Waals surface area contributed by atoms with E-state index in [1.165, 1.54) is 11.3 Å². The Morgan fingerprint density at radius 2 is 2.29 bits per heavy atom. The lowest BCUT2D eigenvalue weighted by Gasteiger charge is -1.95. The fraction of sp³-hybridized carbons (Fsp3) is 0. The molecule has 1 aromatic heterocycles. The van der Waals surface area contributed by atoms with Gasteiger partial charge in [0, 0.05) is 10.9 Å². The molecule has 5 heteroatoms. The summed E-state index contributed by atoms with van der Waals surface area (Å²) in [5, 5.41) is 5.22. The highest BCUT2D eigenvalue weighted by Gasteiger charge is 2.02. The molecule has 0 spiro atoms. The summed E-state index contributed by atoms with van der Waals surface area (Å²) in [5.74, 6) is 0. The van der Waals surface area contributed by atoms with Crippen molar-refractivity contribution in [3.05, 3.63) is 34.6 Å². The highest BCUT2D eigenvalue weighted by atomic mass is 32.1. The van der Waals surface area contributed by atoms with Gasteiger partial charge in [-0.25, -0.2) is 4.98 Å². The Labute approximate surface area is 84.4 Å². The van der Waals surface area contributed by atoms with Crippen LogP contribution in [0.2, 0.25) is 0 Å². The zero-order valence-corrected chi connectivity index (χ0v) is 7.99. The van der Waals surface area contributed by atoms with Crippen molar-refractivity contribution in [2.45, 2.75) is 0 Å². The summed E-state index contributed by atoms with van der Waals surface area (Å²) in [6, 6.07) is 6.96. The third-order valence-electron chi connectivity index (χ3n) is 1.77. The van der Waals surface area contributed by atoms with E-state index in [4.69, 9.17) is 5.73 Å². The van der Waals surface area contributed by atoms with Gasteiger partial charge in [-0.2, -0.15) is 0 Å². The minimum Gasteiger partial charge on any atom is -0.375 e. The number of nitroso groups, excluding NO2 is 1. The molecule has 1 aromatic carbocycles. The Bertz CT molecular complexity index is 467. The van der Waals surface area contributed by atoms with Crippen molar-refractivity contribution in [3.8, 4) is 11.3 Å². The number of thiazole rings is 1. The largest absolute Gasteiger partial charge is 0.375 e. The molecule has 2 aromatic rings. The molecule has 0 bridgehead atoms. The second-order valence-electron chi connectivity index (χ2n) is 2.71. The van der Waals surface area contributed by atoms with Gasteiger partial charge in [0.2, 0.25) is 0 Å². The van der Waals surface area contributed by atoms with E-state index in [-0.39, 0.29) is 0 Å². The van der Waals surface area contributed by atoms with E-state index < -0.39 is 0 Å². The van der Waals surface area contributed by atoms with Crippen LogP contribution in [0.25, 0.3) is 11.3 Å². The highest BCUT2D eigenvalue weighted by molar-refractivity contribution is 7.13. The van der Waals surface area contributed by atoms with Crippen molar-refractivity contribution >= 4 is 22.2 Å². The van der Waals surface area contributed by atoms with Crippen LogP contribution in [0.3, 0.4) is 0 Å². The van der Waals surface area contributed by atoms with E-state index in [0.29, 0.717) is 10.8 Å². The molecule has 0 saturated carbocycles. The fourth-order valence-corrected chi connectivity index (χ4v) is 1.71. The molecule has 0 fully saturated rings. The molecule has 0 radical (unpaired) electrons. The van der Waals surface area contributed by atoms with Crippen molar-refractivity contribution < 1.29 is 0 Å². The Hall–Kier alpha value is -1.75. The van der Waals surface area contributed by atoms with Gasteiger partial charge in [-0.1, -0.05) is 12.1 Å². The van der Waals surface area contributed by atoms with Gasteiger partial charge in [-0.05, 0) is 17.3 Å². The summed E-state index contributed by atoms with van der Waals surface area (Å²) in [5.41, 5.74) is 7.54. The van der Waals surface area contributed by atoms with Gasteiger partial charge in [0.25, 0.3) is 0 Å². The van der Waals surface area contributed by atoms with Crippen LogP contribution in [-0.4, -0.2) is 4.98 Å². The van der Waals surface area contributed by atoms with E-state index in [2.05, 4.69) is 10.2 Å². The van der Waals surface area contributed by atoms with Gasteiger partial charge in [0.15, 0.2) is 5.13 Å². The van der Waals surface area contributed by atoms with E-state index in [1.807, 2.05) is 11.4 Å². The maximum atomic E-state index is 10.3. The minimum absolute atomic E-state index is 0.397. The van der Waals surface area contributed by atoms with Crippen molar-refractivity contribution in [1.29, 1.82) is 0 Å². The number of rotatable bonds is 2. The molecule has 0 amide bonds. The average Bonchev–Trinajstić information content (AvgIpc) is 2.65. The predicted octanol–water partition coefficient (Wildman–Crippen LogP) is 2.79. The van der Waals surface area contributed by atoms with Crippen LogP contribution in [0, 0.1) is 4.91 Å². The summed E-state index contributed by atoms with van der Waals surface area (Å²) in [6.45, 7) is 0.